The van der Waals surface area contributed by atoms with Crippen LogP contribution in [0.15, 0.2) is 6.20 Å². The second-order valence-corrected chi connectivity index (χ2v) is 4.57. The van der Waals surface area contributed by atoms with Crippen LogP contribution in [0.2, 0.25) is 0 Å². The number of nitrogens with one attached hydrogen (secondary N) is 2. The molecule has 8 nitrogen and oxygen atoms in total. The van der Waals surface area contributed by atoms with E-state index in [9.17, 15) is 10.1 Å². The van der Waals surface area contributed by atoms with Crippen LogP contribution in [0.4, 0.5) is 17.5 Å². The van der Waals surface area contributed by atoms with Crippen molar-refractivity contribution in [1.29, 1.82) is 0 Å². The first-order valence-corrected chi connectivity index (χ1v) is 7.33. The summed E-state index contributed by atoms with van der Waals surface area (Å²) in [6.07, 6.45) is 2.18. The predicted octanol–water partition coefficient (Wildman–Crippen LogP) is 1.96. The first-order valence-electron chi connectivity index (χ1n) is 7.33. The van der Waals surface area contributed by atoms with Gasteiger partial charge in [-0.2, -0.15) is 4.98 Å². The second kappa shape index (κ2) is 9.06. The van der Waals surface area contributed by atoms with Crippen molar-refractivity contribution in [2.75, 3.05) is 43.4 Å². The molecule has 8 heteroatoms. The maximum absolute atomic E-state index is 11.0. The van der Waals surface area contributed by atoms with E-state index in [1.165, 1.54) is 6.20 Å². The average molecular weight is 296 g/mol. The van der Waals surface area contributed by atoms with Gasteiger partial charge in [0.2, 0.25) is 11.8 Å². The van der Waals surface area contributed by atoms with Crippen LogP contribution in [0.5, 0.6) is 0 Å². The number of hydrogen-bond acceptors (Lipinski definition) is 7. The Morgan fingerprint density at radius 1 is 1.24 bits per heavy atom. The SMILES string of the molecule is CCCNc1ncc([N+](=O)[O-])c(NCCN(CC)CC)n1. The van der Waals surface area contributed by atoms with E-state index in [2.05, 4.69) is 39.3 Å². The van der Waals surface area contributed by atoms with Crippen molar-refractivity contribution in [3.05, 3.63) is 16.3 Å². The van der Waals surface area contributed by atoms with Crippen LogP contribution in [0.1, 0.15) is 27.2 Å². The van der Waals surface area contributed by atoms with Gasteiger partial charge in [0.25, 0.3) is 0 Å². The maximum atomic E-state index is 11.0. The summed E-state index contributed by atoms with van der Waals surface area (Å²) in [6, 6.07) is 0. The van der Waals surface area contributed by atoms with E-state index >= 15 is 0 Å². The third-order valence-corrected chi connectivity index (χ3v) is 3.11. The lowest BCUT2D eigenvalue weighted by Crippen LogP contribution is -2.29. The van der Waals surface area contributed by atoms with Gasteiger partial charge in [-0.25, -0.2) is 4.98 Å². The van der Waals surface area contributed by atoms with Crippen molar-refractivity contribution in [3.63, 3.8) is 0 Å². The fourth-order valence-corrected chi connectivity index (χ4v) is 1.83. The Hall–Kier alpha value is -1.96. The normalized spacial score (nSPS) is 10.7. The Labute approximate surface area is 125 Å². The van der Waals surface area contributed by atoms with Gasteiger partial charge in [-0.1, -0.05) is 20.8 Å². The zero-order valence-electron chi connectivity index (χ0n) is 12.9. The van der Waals surface area contributed by atoms with Crippen LogP contribution < -0.4 is 10.6 Å². The molecule has 0 bridgehead atoms. The molecule has 21 heavy (non-hydrogen) atoms. The molecule has 1 aromatic rings. The van der Waals surface area contributed by atoms with Gasteiger partial charge < -0.3 is 15.5 Å². The monoisotopic (exact) mass is 296 g/mol. The highest BCUT2D eigenvalue weighted by Crippen LogP contribution is 2.21. The number of nitrogens with zero attached hydrogens (tertiary/aromatic N) is 4. The van der Waals surface area contributed by atoms with Gasteiger partial charge >= 0.3 is 5.69 Å². The van der Waals surface area contributed by atoms with E-state index < -0.39 is 4.92 Å². The fourth-order valence-electron chi connectivity index (χ4n) is 1.83. The maximum Gasteiger partial charge on any atom is 0.329 e. The molecular formula is C13H24N6O2. The number of rotatable bonds is 10. The Balaban J connectivity index is 2.73. The van der Waals surface area contributed by atoms with Gasteiger partial charge in [0.15, 0.2) is 0 Å². The van der Waals surface area contributed by atoms with E-state index in [-0.39, 0.29) is 11.5 Å². The third kappa shape index (κ3) is 5.50. The molecule has 0 aliphatic rings. The molecule has 0 aromatic carbocycles. The quantitative estimate of drug-likeness (QED) is 0.503. The number of nitro groups is 1. The predicted molar refractivity (Wildman–Crippen MR) is 83.7 cm³/mol. The first-order chi connectivity index (χ1) is 10.1. The Bertz CT molecular complexity index is 450. The lowest BCUT2D eigenvalue weighted by atomic mass is 10.4. The molecule has 0 aliphatic carbocycles. The van der Waals surface area contributed by atoms with E-state index in [0.29, 0.717) is 12.5 Å². The second-order valence-electron chi connectivity index (χ2n) is 4.57. The summed E-state index contributed by atoms with van der Waals surface area (Å²) in [4.78, 5) is 20.9. The van der Waals surface area contributed by atoms with Gasteiger partial charge in [0, 0.05) is 19.6 Å². The molecule has 1 heterocycles. The van der Waals surface area contributed by atoms with Crippen molar-refractivity contribution in [2.24, 2.45) is 0 Å². The molecule has 1 rings (SSSR count). The topological polar surface area (TPSA) is 96.2 Å². The van der Waals surface area contributed by atoms with Crippen molar-refractivity contribution >= 4 is 17.5 Å². The Kier molecular flexibility index (Phi) is 7.38. The molecule has 0 saturated carbocycles. The summed E-state index contributed by atoms with van der Waals surface area (Å²) in [6.45, 7) is 10.3. The van der Waals surface area contributed by atoms with Gasteiger partial charge in [-0.3, -0.25) is 10.1 Å². The summed E-state index contributed by atoms with van der Waals surface area (Å²) < 4.78 is 0. The third-order valence-electron chi connectivity index (χ3n) is 3.11. The Morgan fingerprint density at radius 2 is 1.95 bits per heavy atom. The average Bonchev–Trinajstić information content (AvgIpc) is 2.49. The fraction of sp³-hybridized carbons (Fsp3) is 0.692. The largest absolute Gasteiger partial charge is 0.363 e. The van der Waals surface area contributed by atoms with E-state index in [1.54, 1.807) is 0 Å². The molecule has 1 aromatic heterocycles. The van der Waals surface area contributed by atoms with Crippen molar-refractivity contribution in [1.82, 2.24) is 14.9 Å². The summed E-state index contributed by atoms with van der Waals surface area (Å²) >= 11 is 0. The molecule has 0 spiro atoms. The number of aromatic nitrogens is 2. The van der Waals surface area contributed by atoms with Gasteiger partial charge in [-0.05, 0) is 19.5 Å². The van der Waals surface area contributed by atoms with Crippen LogP contribution in [0.3, 0.4) is 0 Å². The molecule has 0 fully saturated rings. The molecule has 0 atom stereocenters. The van der Waals surface area contributed by atoms with E-state index in [1.807, 2.05) is 6.92 Å². The minimum atomic E-state index is -0.469. The van der Waals surface area contributed by atoms with Gasteiger partial charge in [0.1, 0.15) is 6.20 Å². The summed E-state index contributed by atoms with van der Waals surface area (Å²) in [5.74, 6) is 0.675. The van der Waals surface area contributed by atoms with Gasteiger partial charge in [0.05, 0.1) is 4.92 Å². The molecule has 0 aliphatic heterocycles. The van der Waals surface area contributed by atoms with Crippen LogP contribution in [0.25, 0.3) is 0 Å². The molecule has 0 radical (unpaired) electrons. The molecular weight excluding hydrogens is 272 g/mol. The highest BCUT2D eigenvalue weighted by Gasteiger charge is 2.17. The molecule has 0 unspecified atom stereocenters. The zero-order valence-corrected chi connectivity index (χ0v) is 12.9. The highest BCUT2D eigenvalue weighted by molar-refractivity contribution is 5.56. The van der Waals surface area contributed by atoms with Crippen LogP contribution in [-0.2, 0) is 0 Å². The van der Waals surface area contributed by atoms with Crippen LogP contribution in [-0.4, -0.2) is 52.5 Å². The molecule has 2 N–H and O–H groups in total. The number of likely N-dealkylation sites (N-methyl/N-ethyl adjacent to an activating group) is 1. The zero-order chi connectivity index (χ0) is 15.7. The smallest absolute Gasteiger partial charge is 0.329 e. The number of anilines is 2. The lowest BCUT2D eigenvalue weighted by Gasteiger charge is -2.18. The first kappa shape index (κ1) is 17.1. The van der Waals surface area contributed by atoms with Crippen molar-refractivity contribution in [3.8, 4) is 0 Å². The molecule has 0 saturated heterocycles. The van der Waals surface area contributed by atoms with Crippen molar-refractivity contribution in [2.45, 2.75) is 27.2 Å². The summed E-state index contributed by atoms with van der Waals surface area (Å²) in [5, 5.41) is 17.1. The van der Waals surface area contributed by atoms with Crippen LogP contribution in [0, 0.1) is 10.1 Å². The van der Waals surface area contributed by atoms with Crippen LogP contribution >= 0.6 is 0 Å². The summed E-state index contributed by atoms with van der Waals surface area (Å²) in [5.41, 5.74) is -0.100. The standard InChI is InChI=1S/C13H24N6O2/c1-4-7-15-13-16-10-11(19(20)21)12(17-13)14-8-9-18(5-2)6-3/h10H,4-9H2,1-3H3,(H2,14,15,16,17). The Morgan fingerprint density at radius 3 is 2.52 bits per heavy atom. The summed E-state index contributed by atoms with van der Waals surface area (Å²) in [7, 11) is 0. The van der Waals surface area contributed by atoms with Crippen molar-refractivity contribution < 1.29 is 4.92 Å². The number of hydrogen-bond donors (Lipinski definition) is 2. The minimum Gasteiger partial charge on any atom is -0.363 e. The molecule has 0 amide bonds. The van der Waals surface area contributed by atoms with Gasteiger partial charge in [-0.15, -0.1) is 0 Å². The highest BCUT2D eigenvalue weighted by atomic mass is 16.6. The molecule has 118 valence electrons. The lowest BCUT2D eigenvalue weighted by molar-refractivity contribution is -0.384. The van der Waals surface area contributed by atoms with E-state index in [0.717, 1.165) is 32.6 Å². The minimum absolute atomic E-state index is 0.100. The van der Waals surface area contributed by atoms with E-state index in [4.69, 9.17) is 0 Å².